The molecule has 0 fully saturated rings. The van der Waals surface area contributed by atoms with Gasteiger partial charge in [-0.1, -0.05) is 26.0 Å². The van der Waals surface area contributed by atoms with Crippen molar-refractivity contribution in [3.05, 3.63) is 10.3 Å². The third-order valence-electron chi connectivity index (χ3n) is 1.68. The summed E-state index contributed by atoms with van der Waals surface area (Å²) in [5, 5.41) is 8.15. The van der Waals surface area contributed by atoms with Gasteiger partial charge in [0.1, 0.15) is 4.60 Å². The summed E-state index contributed by atoms with van der Waals surface area (Å²) in [6, 6.07) is 0. The minimum atomic E-state index is 0.435. The molecular formula is C8H14BrN3. The summed E-state index contributed by atoms with van der Waals surface area (Å²) < 4.78 is 2.93. The number of hydrogen-bond acceptors (Lipinski definition) is 2. The molecule has 0 aromatic carbocycles. The highest BCUT2D eigenvalue weighted by molar-refractivity contribution is 9.10. The molecule has 0 aliphatic carbocycles. The molecule has 0 saturated heterocycles. The Labute approximate surface area is 81.3 Å². The predicted molar refractivity (Wildman–Crippen MR) is 52.1 cm³/mol. The Morgan fingerprint density at radius 3 is 2.58 bits per heavy atom. The van der Waals surface area contributed by atoms with E-state index in [0.717, 1.165) is 23.3 Å². The first-order chi connectivity index (χ1) is 5.66. The molecule has 12 heavy (non-hydrogen) atoms. The molecule has 0 radical (unpaired) electrons. The van der Waals surface area contributed by atoms with Gasteiger partial charge in [0.15, 0.2) is 0 Å². The lowest BCUT2D eigenvalue weighted by atomic mass is 10.2. The van der Waals surface area contributed by atoms with Crippen LogP contribution in [0.25, 0.3) is 0 Å². The average molecular weight is 232 g/mol. The lowest BCUT2D eigenvalue weighted by Gasteiger charge is -2.01. The molecule has 3 nitrogen and oxygen atoms in total. The van der Waals surface area contributed by atoms with Crippen LogP contribution in [0.4, 0.5) is 0 Å². The Balaban J connectivity index is 2.88. The van der Waals surface area contributed by atoms with Crippen molar-refractivity contribution in [1.82, 2.24) is 15.0 Å². The van der Waals surface area contributed by atoms with Gasteiger partial charge in [-0.3, -0.25) is 0 Å². The molecular weight excluding hydrogens is 218 g/mol. The summed E-state index contributed by atoms with van der Waals surface area (Å²) in [6.07, 6.45) is 1.08. The summed E-state index contributed by atoms with van der Waals surface area (Å²) in [5.41, 5.74) is 1.04. The minimum absolute atomic E-state index is 0.435. The highest BCUT2D eigenvalue weighted by Crippen LogP contribution is 2.21. The van der Waals surface area contributed by atoms with Crippen molar-refractivity contribution in [2.45, 2.75) is 39.7 Å². The van der Waals surface area contributed by atoms with E-state index >= 15 is 0 Å². The minimum Gasteiger partial charge on any atom is -0.238 e. The SMILES string of the molecule is CCCn1nnc(C(C)C)c1Br. The van der Waals surface area contributed by atoms with E-state index in [0.29, 0.717) is 5.92 Å². The molecule has 0 amide bonds. The van der Waals surface area contributed by atoms with Crippen LogP contribution in [0.5, 0.6) is 0 Å². The number of aromatic nitrogens is 3. The van der Waals surface area contributed by atoms with Gasteiger partial charge in [-0.15, -0.1) is 5.10 Å². The highest BCUT2D eigenvalue weighted by Gasteiger charge is 2.11. The zero-order chi connectivity index (χ0) is 9.14. The Hall–Kier alpha value is -0.380. The topological polar surface area (TPSA) is 30.7 Å². The van der Waals surface area contributed by atoms with E-state index < -0.39 is 0 Å². The Bertz CT molecular complexity index is 255. The van der Waals surface area contributed by atoms with Crippen LogP contribution in [0.15, 0.2) is 4.60 Å². The van der Waals surface area contributed by atoms with Gasteiger partial charge >= 0.3 is 0 Å². The van der Waals surface area contributed by atoms with Crippen molar-refractivity contribution in [1.29, 1.82) is 0 Å². The highest BCUT2D eigenvalue weighted by atomic mass is 79.9. The van der Waals surface area contributed by atoms with Gasteiger partial charge in [0.25, 0.3) is 0 Å². The van der Waals surface area contributed by atoms with Gasteiger partial charge in [-0.25, -0.2) is 4.68 Å². The molecule has 0 saturated carbocycles. The molecule has 0 unspecified atom stereocenters. The van der Waals surface area contributed by atoms with E-state index in [4.69, 9.17) is 0 Å². The summed E-state index contributed by atoms with van der Waals surface area (Å²) in [6.45, 7) is 7.29. The molecule has 0 aliphatic heterocycles. The fourth-order valence-corrected chi connectivity index (χ4v) is 1.81. The molecule has 1 heterocycles. The quantitative estimate of drug-likeness (QED) is 0.801. The number of halogens is 1. The van der Waals surface area contributed by atoms with E-state index in [1.807, 2.05) is 4.68 Å². The maximum Gasteiger partial charge on any atom is 0.127 e. The number of nitrogens with zero attached hydrogens (tertiary/aromatic N) is 3. The van der Waals surface area contributed by atoms with Crippen LogP contribution in [0.3, 0.4) is 0 Å². The summed E-state index contributed by atoms with van der Waals surface area (Å²) >= 11 is 3.49. The lowest BCUT2D eigenvalue weighted by Crippen LogP contribution is -1.99. The maximum absolute atomic E-state index is 4.10. The lowest BCUT2D eigenvalue weighted by molar-refractivity contribution is 0.569. The van der Waals surface area contributed by atoms with Crippen molar-refractivity contribution in [3.63, 3.8) is 0 Å². The van der Waals surface area contributed by atoms with Crippen LogP contribution in [-0.4, -0.2) is 15.0 Å². The average Bonchev–Trinajstić information content (AvgIpc) is 2.34. The summed E-state index contributed by atoms with van der Waals surface area (Å²) in [4.78, 5) is 0. The van der Waals surface area contributed by atoms with Crippen molar-refractivity contribution in [2.75, 3.05) is 0 Å². The first-order valence-corrected chi connectivity index (χ1v) is 5.05. The molecule has 0 aliphatic rings. The predicted octanol–water partition coefficient (Wildman–Crippen LogP) is 2.57. The van der Waals surface area contributed by atoms with E-state index in [9.17, 15) is 0 Å². The summed E-state index contributed by atoms with van der Waals surface area (Å²) in [5.74, 6) is 0.435. The van der Waals surface area contributed by atoms with Crippen LogP contribution >= 0.6 is 15.9 Å². The van der Waals surface area contributed by atoms with Crippen LogP contribution < -0.4 is 0 Å². The monoisotopic (exact) mass is 231 g/mol. The van der Waals surface area contributed by atoms with Crippen molar-refractivity contribution >= 4 is 15.9 Å². The third kappa shape index (κ3) is 1.86. The van der Waals surface area contributed by atoms with Gasteiger partial charge in [0, 0.05) is 12.5 Å². The normalized spacial score (nSPS) is 11.1. The molecule has 0 N–H and O–H groups in total. The zero-order valence-corrected chi connectivity index (χ0v) is 9.30. The molecule has 1 rings (SSSR count). The van der Waals surface area contributed by atoms with Crippen molar-refractivity contribution in [3.8, 4) is 0 Å². The van der Waals surface area contributed by atoms with Crippen LogP contribution in [0.2, 0.25) is 0 Å². The van der Waals surface area contributed by atoms with Gasteiger partial charge in [-0.05, 0) is 22.4 Å². The second-order valence-electron chi connectivity index (χ2n) is 3.14. The molecule has 0 bridgehead atoms. The Morgan fingerprint density at radius 1 is 1.50 bits per heavy atom. The fourth-order valence-electron chi connectivity index (χ4n) is 1.02. The first kappa shape index (κ1) is 9.71. The molecule has 4 heteroatoms. The molecule has 0 spiro atoms. The van der Waals surface area contributed by atoms with Gasteiger partial charge in [0.2, 0.25) is 0 Å². The zero-order valence-electron chi connectivity index (χ0n) is 7.71. The van der Waals surface area contributed by atoms with Gasteiger partial charge in [0.05, 0.1) is 5.69 Å². The van der Waals surface area contributed by atoms with Gasteiger partial charge < -0.3 is 0 Å². The molecule has 1 aromatic heterocycles. The number of aryl methyl sites for hydroxylation is 1. The summed E-state index contributed by atoms with van der Waals surface area (Å²) in [7, 11) is 0. The van der Waals surface area contributed by atoms with Crippen molar-refractivity contribution < 1.29 is 0 Å². The van der Waals surface area contributed by atoms with E-state index in [-0.39, 0.29) is 0 Å². The largest absolute Gasteiger partial charge is 0.238 e. The maximum atomic E-state index is 4.10. The Kier molecular flexibility index (Phi) is 3.26. The van der Waals surface area contributed by atoms with E-state index in [2.05, 4.69) is 47.0 Å². The van der Waals surface area contributed by atoms with Crippen LogP contribution in [0.1, 0.15) is 38.8 Å². The van der Waals surface area contributed by atoms with E-state index in [1.165, 1.54) is 0 Å². The molecule has 1 aromatic rings. The number of hydrogen-bond donors (Lipinski definition) is 0. The van der Waals surface area contributed by atoms with Crippen LogP contribution in [-0.2, 0) is 6.54 Å². The van der Waals surface area contributed by atoms with Crippen molar-refractivity contribution in [2.24, 2.45) is 0 Å². The van der Waals surface area contributed by atoms with E-state index in [1.54, 1.807) is 0 Å². The third-order valence-corrected chi connectivity index (χ3v) is 2.50. The Morgan fingerprint density at radius 2 is 2.17 bits per heavy atom. The molecule has 68 valence electrons. The first-order valence-electron chi connectivity index (χ1n) is 4.25. The fraction of sp³-hybridized carbons (Fsp3) is 0.750. The molecule has 0 atom stereocenters. The standard InChI is InChI=1S/C8H14BrN3/c1-4-5-12-8(9)7(6(2)3)10-11-12/h6H,4-5H2,1-3H3. The smallest absolute Gasteiger partial charge is 0.127 e. The number of rotatable bonds is 3. The second kappa shape index (κ2) is 4.03. The van der Waals surface area contributed by atoms with Crippen LogP contribution in [0, 0.1) is 0 Å². The van der Waals surface area contributed by atoms with Gasteiger partial charge in [-0.2, -0.15) is 0 Å². The second-order valence-corrected chi connectivity index (χ2v) is 3.89.